The number of likely N-dealkylation sites (tertiary alicyclic amines) is 1. The lowest BCUT2D eigenvalue weighted by Crippen LogP contribution is -2.46. The minimum Gasteiger partial charge on any atom is -0.295 e. The topological polar surface area (TPSA) is 70.1 Å². The molecule has 0 spiro atoms. The van der Waals surface area contributed by atoms with Crippen LogP contribution in [0, 0.1) is 4.91 Å². The van der Waals surface area contributed by atoms with Crippen molar-refractivity contribution in [1.29, 1.82) is 0 Å². The summed E-state index contributed by atoms with van der Waals surface area (Å²) in [4.78, 5) is 13.2. The van der Waals surface area contributed by atoms with Crippen molar-refractivity contribution in [2.75, 3.05) is 20.1 Å². The SMILES string of the molecule is CN([C@@H]1c2ccccc2C=C[C@H]1N1CCCC1)S(=O)(=O)c1ccc(N=O)cc1. The zero-order chi connectivity index (χ0) is 19.7. The number of hydrogen-bond acceptors (Lipinski definition) is 5. The summed E-state index contributed by atoms with van der Waals surface area (Å²) in [6.07, 6.45) is 6.49. The van der Waals surface area contributed by atoms with Gasteiger partial charge in [0.25, 0.3) is 0 Å². The third kappa shape index (κ3) is 3.30. The van der Waals surface area contributed by atoms with Crippen molar-refractivity contribution in [3.63, 3.8) is 0 Å². The predicted molar refractivity (Wildman–Crippen MR) is 110 cm³/mol. The quantitative estimate of drug-likeness (QED) is 0.717. The van der Waals surface area contributed by atoms with Crippen molar-refractivity contribution in [3.8, 4) is 0 Å². The van der Waals surface area contributed by atoms with Crippen molar-refractivity contribution in [2.24, 2.45) is 5.18 Å². The van der Waals surface area contributed by atoms with Gasteiger partial charge in [-0.15, -0.1) is 4.91 Å². The lowest BCUT2D eigenvalue weighted by molar-refractivity contribution is 0.191. The molecule has 0 aromatic heterocycles. The Labute approximate surface area is 165 Å². The minimum atomic E-state index is -3.74. The Morgan fingerprint density at radius 2 is 1.71 bits per heavy atom. The number of nitroso groups, excluding NO2 is 1. The Balaban J connectivity index is 1.75. The summed E-state index contributed by atoms with van der Waals surface area (Å²) in [6, 6.07) is 13.4. The second kappa shape index (κ2) is 7.58. The van der Waals surface area contributed by atoms with E-state index in [1.165, 1.54) is 28.6 Å². The Morgan fingerprint density at radius 3 is 2.39 bits per heavy atom. The first-order valence-corrected chi connectivity index (χ1v) is 10.9. The van der Waals surface area contributed by atoms with Crippen LogP contribution in [0.3, 0.4) is 0 Å². The molecular formula is C21H23N3O3S. The first-order chi connectivity index (χ1) is 13.5. The fourth-order valence-corrected chi connectivity index (χ4v) is 5.54. The molecule has 2 aliphatic rings. The highest BCUT2D eigenvalue weighted by Crippen LogP contribution is 2.38. The van der Waals surface area contributed by atoms with Crippen molar-refractivity contribution >= 4 is 21.8 Å². The molecule has 1 fully saturated rings. The summed E-state index contributed by atoms with van der Waals surface area (Å²) in [5.74, 6) is 0. The second-order valence-electron chi connectivity index (χ2n) is 7.27. The zero-order valence-corrected chi connectivity index (χ0v) is 16.5. The number of likely N-dealkylation sites (N-methyl/N-ethyl adjacent to an activating group) is 1. The highest BCUT2D eigenvalue weighted by Gasteiger charge is 2.39. The average molecular weight is 398 g/mol. The molecule has 0 unspecified atom stereocenters. The van der Waals surface area contributed by atoms with Gasteiger partial charge in [0.2, 0.25) is 10.0 Å². The van der Waals surface area contributed by atoms with E-state index >= 15 is 0 Å². The van der Waals surface area contributed by atoms with E-state index in [9.17, 15) is 13.3 Å². The average Bonchev–Trinajstić information content (AvgIpc) is 3.27. The monoisotopic (exact) mass is 397 g/mol. The molecule has 28 heavy (non-hydrogen) atoms. The van der Waals surface area contributed by atoms with E-state index in [0.717, 1.165) is 37.1 Å². The van der Waals surface area contributed by atoms with E-state index in [4.69, 9.17) is 0 Å². The molecule has 0 amide bonds. The first-order valence-electron chi connectivity index (χ1n) is 9.45. The largest absolute Gasteiger partial charge is 0.295 e. The molecule has 1 aliphatic heterocycles. The smallest absolute Gasteiger partial charge is 0.243 e. The molecule has 2 atom stereocenters. The van der Waals surface area contributed by atoms with E-state index in [2.05, 4.69) is 22.2 Å². The van der Waals surface area contributed by atoms with Gasteiger partial charge < -0.3 is 0 Å². The summed E-state index contributed by atoms with van der Waals surface area (Å²) in [5.41, 5.74) is 2.27. The highest BCUT2D eigenvalue weighted by atomic mass is 32.2. The minimum absolute atomic E-state index is 0.00640. The predicted octanol–water partition coefficient (Wildman–Crippen LogP) is 3.94. The molecule has 0 radical (unpaired) electrons. The Kier molecular flexibility index (Phi) is 5.14. The molecule has 6 nitrogen and oxygen atoms in total. The zero-order valence-electron chi connectivity index (χ0n) is 15.7. The first kappa shape index (κ1) is 19.0. The summed E-state index contributed by atoms with van der Waals surface area (Å²) in [6.45, 7) is 1.95. The fourth-order valence-electron chi connectivity index (χ4n) is 4.19. The van der Waals surface area contributed by atoms with Gasteiger partial charge in [-0.1, -0.05) is 36.4 Å². The van der Waals surface area contributed by atoms with Crippen LogP contribution in [0.5, 0.6) is 0 Å². The Bertz CT molecular complexity index is 996. The molecule has 2 aromatic carbocycles. The third-order valence-corrected chi connectivity index (χ3v) is 7.54. The normalized spacial score (nSPS) is 22.4. The number of hydrogen-bond donors (Lipinski definition) is 0. The van der Waals surface area contributed by atoms with E-state index < -0.39 is 10.0 Å². The summed E-state index contributed by atoms with van der Waals surface area (Å²) >= 11 is 0. The Morgan fingerprint density at radius 1 is 1.04 bits per heavy atom. The van der Waals surface area contributed by atoms with Crippen LogP contribution in [-0.4, -0.2) is 43.8 Å². The van der Waals surface area contributed by atoms with Gasteiger partial charge in [-0.05, 0) is 66.5 Å². The standard InChI is InChI=1S/C21H23N3O3S/c1-23(28(26,27)18-11-9-17(22-25)10-12-18)21-19-7-3-2-6-16(19)8-13-20(21)24-14-4-5-15-24/h2-3,6-13,20-21H,4-5,14-15H2,1H3/t20-,21-/m1/s1. The van der Waals surface area contributed by atoms with E-state index in [1.54, 1.807) is 7.05 Å². The van der Waals surface area contributed by atoms with Gasteiger partial charge in [-0.2, -0.15) is 4.31 Å². The summed E-state index contributed by atoms with van der Waals surface area (Å²) in [7, 11) is -2.10. The van der Waals surface area contributed by atoms with Gasteiger partial charge in [-0.25, -0.2) is 8.42 Å². The van der Waals surface area contributed by atoms with Gasteiger partial charge in [0, 0.05) is 13.1 Å². The number of benzene rings is 2. The van der Waals surface area contributed by atoms with Gasteiger partial charge in [0.15, 0.2) is 0 Å². The van der Waals surface area contributed by atoms with Crippen LogP contribution < -0.4 is 0 Å². The van der Waals surface area contributed by atoms with Crippen LogP contribution in [0.15, 0.2) is 64.7 Å². The molecule has 7 heteroatoms. The molecule has 146 valence electrons. The second-order valence-corrected chi connectivity index (χ2v) is 9.27. The number of sulfonamides is 1. The van der Waals surface area contributed by atoms with Gasteiger partial charge in [0.05, 0.1) is 10.9 Å². The van der Waals surface area contributed by atoms with Crippen LogP contribution in [-0.2, 0) is 10.0 Å². The van der Waals surface area contributed by atoms with Gasteiger partial charge >= 0.3 is 0 Å². The molecule has 0 saturated carbocycles. The summed E-state index contributed by atoms with van der Waals surface area (Å²) in [5, 5.41) is 2.85. The lowest BCUT2D eigenvalue weighted by atomic mass is 9.88. The van der Waals surface area contributed by atoms with Crippen molar-refractivity contribution in [3.05, 3.63) is 70.6 Å². The van der Waals surface area contributed by atoms with Crippen molar-refractivity contribution in [1.82, 2.24) is 9.21 Å². The van der Waals surface area contributed by atoms with Crippen LogP contribution >= 0.6 is 0 Å². The number of fused-ring (bicyclic) bond motifs is 1. The van der Waals surface area contributed by atoms with Gasteiger partial charge in [-0.3, -0.25) is 4.90 Å². The van der Waals surface area contributed by atoms with Crippen molar-refractivity contribution < 1.29 is 8.42 Å². The lowest BCUT2D eigenvalue weighted by Gasteiger charge is -2.40. The number of nitrogens with zero attached hydrogens (tertiary/aromatic N) is 3. The van der Waals surface area contributed by atoms with E-state index in [-0.39, 0.29) is 22.7 Å². The van der Waals surface area contributed by atoms with Crippen LogP contribution in [0.2, 0.25) is 0 Å². The van der Waals surface area contributed by atoms with Gasteiger partial charge in [0.1, 0.15) is 5.69 Å². The van der Waals surface area contributed by atoms with Crippen molar-refractivity contribution in [2.45, 2.75) is 29.8 Å². The molecule has 2 aromatic rings. The Hall–Kier alpha value is -2.35. The molecule has 1 aliphatic carbocycles. The maximum absolute atomic E-state index is 13.4. The van der Waals surface area contributed by atoms with Crippen LogP contribution in [0.25, 0.3) is 6.08 Å². The maximum atomic E-state index is 13.4. The summed E-state index contributed by atoms with van der Waals surface area (Å²) < 4.78 is 28.2. The van der Waals surface area contributed by atoms with E-state index in [0.29, 0.717) is 0 Å². The third-order valence-electron chi connectivity index (χ3n) is 5.68. The fraction of sp³-hybridized carbons (Fsp3) is 0.333. The van der Waals surface area contributed by atoms with Crippen LogP contribution in [0.4, 0.5) is 5.69 Å². The molecule has 0 N–H and O–H groups in total. The highest BCUT2D eigenvalue weighted by molar-refractivity contribution is 7.89. The maximum Gasteiger partial charge on any atom is 0.243 e. The molecular weight excluding hydrogens is 374 g/mol. The molecule has 4 rings (SSSR count). The molecule has 0 bridgehead atoms. The van der Waals surface area contributed by atoms with E-state index in [1.807, 2.05) is 24.3 Å². The molecule has 1 saturated heterocycles. The number of rotatable bonds is 5. The molecule has 1 heterocycles. The van der Waals surface area contributed by atoms with Crippen LogP contribution in [0.1, 0.15) is 30.0 Å².